The molecule has 1 aliphatic carbocycles. The molecule has 2 rings (SSSR count). The summed E-state index contributed by atoms with van der Waals surface area (Å²) in [5, 5.41) is 7.24. The number of hydrogen-bond acceptors (Lipinski definition) is 2. The van der Waals surface area contributed by atoms with Crippen molar-refractivity contribution in [2.75, 3.05) is 11.9 Å². The van der Waals surface area contributed by atoms with E-state index < -0.39 is 0 Å². The summed E-state index contributed by atoms with van der Waals surface area (Å²) >= 11 is 5.32. The van der Waals surface area contributed by atoms with E-state index in [1.54, 1.807) is 6.08 Å². The first-order valence-corrected chi connectivity index (χ1v) is 7.10. The van der Waals surface area contributed by atoms with Gasteiger partial charge in [-0.05, 0) is 37.2 Å². The first-order chi connectivity index (χ1) is 9.28. The Morgan fingerprint density at radius 2 is 2.21 bits per heavy atom. The standard InChI is InChI=1S/C15H20N2OS/c1-2-10-18-14-9-5-8-13(11-14)17-15(19)16-12-6-3-4-7-12/h2,5,8-9,11-12H,1,3-4,6-7,10H2,(H2,16,17,19). The summed E-state index contributed by atoms with van der Waals surface area (Å²) in [4.78, 5) is 0. The molecule has 19 heavy (non-hydrogen) atoms. The highest BCUT2D eigenvalue weighted by Gasteiger charge is 2.15. The summed E-state index contributed by atoms with van der Waals surface area (Å²) in [6, 6.07) is 8.30. The summed E-state index contributed by atoms with van der Waals surface area (Å²) in [7, 11) is 0. The SMILES string of the molecule is C=CCOc1cccc(NC(=S)NC2CCCC2)c1. The molecule has 0 bridgehead atoms. The molecule has 0 aromatic heterocycles. The van der Waals surface area contributed by atoms with Gasteiger partial charge in [-0.25, -0.2) is 0 Å². The summed E-state index contributed by atoms with van der Waals surface area (Å²) in [6.45, 7) is 4.14. The largest absolute Gasteiger partial charge is 0.489 e. The Bertz CT molecular complexity index is 442. The third-order valence-corrected chi connectivity index (χ3v) is 3.37. The number of hydrogen-bond donors (Lipinski definition) is 2. The minimum absolute atomic E-state index is 0.508. The molecule has 3 nitrogen and oxygen atoms in total. The number of nitrogens with one attached hydrogen (secondary N) is 2. The maximum absolute atomic E-state index is 5.49. The van der Waals surface area contributed by atoms with Crippen LogP contribution in [0.2, 0.25) is 0 Å². The molecule has 1 fully saturated rings. The van der Waals surface area contributed by atoms with E-state index in [0.29, 0.717) is 17.8 Å². The maximum Gasteiger partial charge on any atom is 0.170 e. The van der Waals surface area contributed by atoms with Gasteiger partial charge in [-0.15, -0.1) is 0 Å². The lowest BCUT2D eigenvalue weighted by Gasteiger charge is -2.16. The Morgan fingerprint density at radius 3 is 2.95 bits per heavy atom. The molecule has 1 saturated carbocycles. The van der Waals surface area contributed by atoms with E-state index in [4.69, 9.17) is 17.0 Å². The molecule has 4 heteroatoms. The predicted molar refractivity (Wildman–Crippen MR) is 83.7 cm³/mol. The Kier molecular flexibility index (Phi) is 5.21. The molecule has 1 aromatic rings. The molecule has 0 unspecified atom stereocenters. The van der Waals surface area contributed by atoms with Gasteiger partial charge in [0, 0.05) is 17.8 Å². The van der Waals surface area contributed by atoms with Crippen molar-refractivity contribution in [3.05, 3.63) is 36.9 Å². The van der Waals surface area contributed by atoms with E-state index in [0.717, 1.165) is 11.4 Å². The van der Waals surface area contributed by atoms with E-state index >= 15 is 0 Å². The van der Waals surface area contributed by atoms with Crippen molar-refractivity contribution in [1.82, 2.24) is 5.32 Å². The number of ether oxygens (including phenoxy) is 1. The van der Waals surface area contributed by atoms with Crippen LogP contribution in [0.5, 0.6) is 5.75 Å². The molecular formula is C15H20N2OS. The van der Waals surface area contributed by atoms with Gasteiger partial charge in [0.1, 0.15) is 12.4 Å². The van der Waals surface area contributed by atoms with Crippen molar-refractivity contribution < 1.29 is 4.74 Å². The van der Waals surface area contributed by atoms with Crippen molar-refractivity contribution in [2.45, 2.75) is 31.7 Å². The number of anilines is 1. The molecule has 0 saturated heterocycles. The number of benzene rings is 1. The van der Waals surface area contributed by atoms with Crippen LogP contribution in [0.25, 0.3) is 0 Å². The molecule has 0 aliphatic heterocycles. The van der Waals surface area contributed by atoms with Crippen molar-refractivity contribution >= 4 is 23.0 Å². The Balaban J connectivity index is 1.86. The van der Waals surface area contributed by atoms with Crippen LogP contribution in [0.15, 0.2) is 36.9 Å². The van der Waals surface area contributed by atoms with Crippen molar-refractivity contribution in [2.24, 2.45) is 0 Å². The average molecular weight is 276 g/mol. The molecule has 0 radical (unpaired) electrons. The van der Waals surface area contributed by atoms with Crippen molar-refractivity contribution in [3.63, 3.8) is 0 Å². The van der Waals surface area contributed by atoms with Crippen LogP contribution in [-0.2, 0) is 0 Å². The lowest BCUT2D eigenvalue weighted by molar-refractivity contribution is 0.363. The minimum atomic E-state index is 0.508. The zero-order valence-corrected chi connectivity index (χ0v) is 11.8. The molecule has 102 valence electrons. The van der Waals surface area contributed by atoms with Gasteiger partial charge in [-0.2, -0.15) is 0 Å². The Labute approximate surface area is 120 Å². The van der Waals surface area contributed by atoms with Gasteiger partial charge in [-0.1, -0.05) is 31.6 Å². The van der Waals surface area contributed by atoms with Crippen molar-refractivity contribution in [1.29, 1.82) is 0 Å². The van der Waals surface area contributed by atoms with Gasteiger partial charge >= 0.3 is 0 Å². The molecule has 0 atom stereocenters. The molecule has 1 aliphatic rings. The van der Waals surface area contributed by atoms with E-state index in [1.165, 1.54) is 25.7 Å². The normalized spacial score (nSPS) is 14.9. The molecule has 0 amide bonds. The number of thiocarbonyl (C=S) groups is 1. The molecule has 0 spiro atoms. The van der Waals surface area contributed by atoms with Crippen LogP contribution in [0.3, 0.4) is 0 Å². The van der Waals surface area contributed by atoms with Crippen LogP contribution >= 0.6 is 12.2 Å². The fourth-order valence-corrected chi connectivity index (χ4v) is 2.53. The van der Waals surface area contributed by atoms with E-state index in [9.17, 15) is 0 Å². The first-order valence-electron chi connectivity index (χ1n) is 6.69. The summed E-state index contributed by atoms with van der Waals surface area (Å²) in [6.07, 6.45) is 6.75. The minimum Gasteiger partial charge on any atom is -0.489 e. The summed E-state index contributed by atoms with van der Waals surface area (Å²) in [5.74, 6) is 0.813. The zero-order valence-electron chi connectivity index (χ0n) is 11.0. The average Bonchev–Trinajstić information content (AvgIpc) is 2.89. The van der Waals surface area contributed by atoms with Gasteiger partial charge in [-0.3, -0.25) is 0 Å². The molecular weight excluding hydrogens is 256 g/mol. The molecule has 0 heterocycles. The number of rotatable bonds is 5. The van der Waals surface area contributed by atoms with Gasteiger partial charge in [0.25, 0.3) is 0 Å². The van der Waals surface area contributed by atoms with E-state index in [2.05, 4.69) is 17.2 Å². The summed E-state index contributed by atoms with van der Waals surface area (Å²) in [5.41, 5.74) is 0.942. The zero-order chi connectivity index (χ0) is 13.5. The van der Waals surface area contributed by atoms with Crippen molar-refractivity contribution in [3.8, 4) is 5.75 Å². The first kappa shape index (κ1) is 13.9. The highest BCUT2D eigenvalue weighted by atomic mass is 32.1. The van der Waals surface area contributed by atoms with E-state index in [-0.39, 0.29) is 0 Å². The van der Waals surface area contributed by atoms with Gasteiger partial charge in [0.15, 0.2) is 5.11 Å². The fourth-order valence-electron chi connectivity index (χ4n) is 2.24. The highest BCUT2D eigenvalue weighted by Crippen LogP contribution is 2.19. The van der Waals surface area contributed by atoms with Crippen LogP contribution in [0, 0.1) is 0 Å². The lowest BCUT2D eigenvalue weighted by atomic mass is 10.2. The van der Waals surface area contributed by atoms with Crippen LogP contribution in [0.4, 0.5) is 5.69 Å². The lowest BCUT2D eigenvalue weighted by Crippen LogP contribution is -2.35. The molecule has 1 aromatic carbocycles. The van der Waals surface area contributed by atoms with Gasteiger partial charge in [0.2, 0.25) is 0 Å². The predicted octanol–water partition coefficient (Wildman–Crippen LogP) is 3.48. The highest BCUT2D eigenvalue weighted by molar-refractivity contribution is 7.80. The Morgan fingerprint density at radius 1 is 1.42 bits per heavy atom. The Hall–Kier alpha value is -1.55. The second-order valence-corrected chi connectivity index (χ2v) is 5.12. The monoisotopic (exact) mass is 276 g/mol. The second kappa shape index (κ2) is 7.14. The van der Waals surface area contributed by atoms with Crippen LogP contribution < -0.4 is 15.4 Å². The van der Waals surface area contributed by atoms with E-state index in [1.807, 2.05) is 24.3 Å². The smallest absolute Gasteiger partial charge is 0.170 e. The molecule has 2 N–H and O–H groups in total. The van der Waals surface area contributed by atoms with Crippen LogP contribution in [0.1, 0.15) is 25.7 Å². The third kappa shape index (κ3) is 4.56. The van der Waals surface area contributed by atoms with Gasteiger partial charge < -0.3 is 15.4 Å². The summed E-state index contributed by atoms with van der Waals surface area (Å²) < 4.78 is 5.49. The maximum atomic E-state index is 5.49. The van der Waals surface area contributed by atoms with Crippen LogP contribution in [-0.4, -0.2) is 17.8 Å². The third-order valence-electron chi connectivity index (χ3n) is 3.15. The quantitative estimate of drug-likeness (QED) is 0.637. The second-order valence-electron chi connectivity index (χ2n) is 4.71. The fraction of sp³-hybridized carbons (Fsp3) is 0.400. The van der Waals surface area contributed by atoms with Gasteiger partial charge in [0.05, 0.1) is 0 Å². The topological polar surface area (TPSA) is 33.3 Å².